The average Bonchev–Trinajstić information content (AvgIpc) is 3.54. The maximum Gasteiger partial charge on any atom is 0.275 e. The zero-order valence-corrected chi connectivity index (χ0v) is 16.6. The molecule has 1 aliphatic heterocycles. The summed E-state index contributed by atoms with van der Waals surface area (Å²) in [5.74, 6) is 0.889. The van der Waals surface area contributed by atoms with Crippen LogP contribution in [0.5, 0.6) is 0 Å². The number of benzene rings is 1. The number of piperidine rings is 1. The van der Waals surface area contributed by atoms with Crippen molar-refractivity contribution in [1.29, 1.82) is 0 Å². The summed E-state index contributed by atoms with van der Waals surface area (Å²) in [5, 5.41) is 9.94. The molecule has 7 heteroatoms. The summed E-state index contributed by atoms with van der Waals surface area (Å²) in [4.78, 5) is 27.1. The lowest BCUT2D eigenvalue weighted by Gasteiger charge is -2.31. The molecule has 7 nitrogen and oxygen atoms in total. The van der Waals surface area contributed by atoms with Crippen molar-refractivity contribution in [3.8, 4) is 0 Å². The lowest BCUT2D eigenvalue weighted by Crippen LogP contribution is -2.40. The van der Waals surface area contributed by atoms with Crippen molar-refractivity contribution in [1.82, 2.24) is 24.5 Å². The molecule has 2 aromatic heterocycles. The summed E-state index contributed by atoms with van der Waals surface area (Å²) in [6, 6.07) is 11.3. The Hall–Kier alpha value is -2.96. The Bertz CT molecular complexity index is 1120. The van der Waals surface area contributed by atoms with Crippen molar-refractivity contribution >= 4 is 16.8 Å². The molecule has 5 rings (SSSR count). The zero-order chi connectivity index (χ0) is 20.0. The van der Waals surface area contributed by atoms with Gasteiger partial charge in [0, 0.05) is 44.1 Å². The minimum absolute atomic E-state index is 0.00808. The van der Waals surface area contributed by atoms with E-state index in [9.17, 15) is 9.59 Å². The van der Waals surface area contributed by atoms with E-state index in [4.69, 9.17) is 0 Å². The number of amides is 1. The molecule has 1 amide bonds. The van der Waals surface area contributed by atoms with Gasteiger partial charge in [0.05, 0.1) is 11.2 Å². The lowest BCUT2D eigenvalue weighted by molar-refractivity contribution is 0.0675. The van der Waals surface area contributed by atoms with Crippen LogP contribution in [-0.2, 0) is 13.6 Å². The van der Waals surface area contributed by atoms with Crippen molar-refractivity contribution in [2.75, 3.05) is 13.1 Å². The number of aromatic nitrogens is 4. The summed E-state index contributed by atoms with van der Waals surface area (Å²) in [7, 11) is 1.87. The maximum absolute atomic E-state index is 13.1. The molecule has 2 aliphatic rings. The summed E-state index contributed by atoms with van der Waals surface area (Å²) >= 11 is 0. The molecule has 1 saturated heterocycles. The van der Waals surface area contributed by atoms with Crippen LogP contribution in [0.15, 0.2) is 41.2 Å². The Balaban J connectivity index is 1.26. The minimum Gasteiger partial charge on any atom is -0.337 e. The third-order valence-electron chi connectivity index (χ3n) is 6.18. The molecule has 3 aromatic rings. The van der Waals surface area contributed by atoms with E-state index in [1.54, 1.807) is 15.4 Å². The molecule has 0 spiro atoms. The SMILES string of the molecule is Cn1nc(C(=O)N2CCC(Cn3nc(C4CC4)ccc3=O)CC2)c2ccccc21. The van der Waals surface area contributed by atoms with Crippen LogP contribution in [0.1, 0.15) is 47.8 Å². The molecule has 0 unspecified atom stereocenters. The van der Waals surface area contributed by atoms with E-state index in [0.29, 0.717) is 37.2 Å². The van der Waals surface area contributed by atoms with Crippen LogP contribution in [0.25, 0.3) is 10.9 Å². The van der Waals surface area contributed by atoms with Gasteiger partial charge in [0.15, 0.2) is 5.69 Å². The van der Waals surface area contributed by atoms with Gasteiger partial charge in [0.25, 0.3) is 11.5 Å². The molecule has 3 heterocycles. The summed E-state index contributed by atoms with van der Waals surface area (Å²) in [6.45, 7) is 2.00. The van der Waals surface area contributed by atoms with Gasteiger partial charge in [0.2, 0.25) is 0 Å². The summed E-state index contributed by atoms with van der Waals surface area (Å²) < 4.78 is 3.39. The number of para-hydroxylation sites is 1. The molecule has 29 heavy (non-hydrogen) atoms. The number of rotatable bonds is 4. The van der Waals surface area contributed by atoms with E-state index in [1.165, 1.54) is 12.8 Å². The number of hydrogen-bond acceptors (Lipinski definition) is 4. The quantitative estimate of drug-likeness (QED) is 0.685. The van der Waals surface area contributed by atoms with E-state index in [0.717, 1.165) is 29.4 Å². The van der Waals surface area contributed by atoms with Crippen molar-refractivity contribution in [2.24, 2.45) is 13.0 Å². The van der Waals surface area contributed by atoms with Gasteiger partial charge < -0.3 is 4.90 Å². The highest BCUT2D eigenvalue weighted by Crippen LogP contribution is 2.38. The number of carbonyl (C=O) groups is 1. The molecule has 2 fully saturated rings. The first-order valence-electron chi connectivity index (χ1n) is 10.4. The van der Waals surface area contributed by atoms with Crippen LogP contribution in [0, 0.1) is 5.92 Å². The van der Waals surface area contributed by atoms with Crippen LogP contribution in [0.4, 0.5) is 0 Å². The highest BCUT2D eigenvalue weighted by Gasteiger charge is 2.28. The fraction of sp³-hybridized carbons (Fsp3) is 0.455. The largest absolute Gasteiger partial charge is 0.337 e. The normalized spacial score (nSPS) is 17.8. The smallest absolute Gasteiger partial charge is 0.275 e. The van der Waals surface area contributed by atoms with Gasteiger partial charge in [-0.15, -0.1) is 0 Å². The van der Waals surface area contributed by atoms with Crippen LogP contribution in [0.3, 0.4) is 0 Å². The zero-order valence-electron chi connectivity index (χ0n) is 16.6. The molecule has 0 atom stereocenters. The number of carbonyl (C=O) groups excluding carboxylic acids is 1. The molecular formula is C22H25N5O2. The van der Waals surface area contributed by atoms with Gasteiger partial charge in [-0.2, -0.15) is 10.2 Å². The Morgan fingerprint density at radius 2 is 1.79 bits per heavy atom. The van der Waals surface area contributed by atoms with E-state index >= 15 is 0 Å². The van der Waals surface area contributed by atoms with E-state index in [2.05, 4.69) is 10.2 Å². The van der Waals surface area contributed by atoms with Gasteiger partial charge in [-0.05, 0) is 43.7 Å². The highest BCUT2D eigenvalue weighted by molar-refractivity contribution is 6.04. The maximum atomic E-state index is 13.1. The van der Waals surface area contributed by atoms with Gasteiger partial charge in [0.1, 0.15) is 0 Å². The predicted molar refractivity (Wildman–Crippen MR) is 110 cm³/mol. The van der Waals surface area contributed by atoms with Crippen LogP contribution in [-0.4, -0.2) is 43.5 Å². The first kappa shape index (κ1) is 18.1. The van der Waals surface area contributed by atoms with E-state index in [1.807, 2.05) is 42.3 Å². The number of aryl methyl sites for hydroxylation is 1. The van der Waals surface area contributed by atoms with Gasteiger partial charge in [-0.1, -0.05) is 18.2 Å². The average molecular weight is 391 g/mol. The molecule has 0 bridgehead atoms. The van der Waals surface area contributed by atoms with Crippen molar-refractivity contribution in [3.63, 3.8) is 0 Å². The van der Waals surface area contributed by atoms with Crippen molar-refractivity contribution < 1.29 is 4.79 Å². The fourth-order valence-corrected chi connectivity index (χ4v) is 4.28. The van der Waals surface area contributed by atoms with Crippen LogP contribution >= 0.6 is 0 Å². The lowest BCUT2D eigenvalue weighted by atomic mass is 9.96. The van der Waals surface area contributed by atoms with E-state index in [-0.39, 0.29) is 11.5 Å². The first-order valence-corrected chi connectivity index (χ1v) is 10.4. The summed E-state index contributed by atoms with van der Waals surface area (Å²) in [5.41, 5.74) is 2.50. The number of nitrogens with zero attached hydrogens (tertiary/aromatic N) is 5. The fourth-order valence-electron chi connectivity index (χ4n) is 4.28. The van der Waals surface area contributed by atoms with Crippen LogP contribution in [0.2, 0.25) is 0 Å². The van der Waals surface area contributed by atoms with E-state index < -0.39 is 0 Å². The van der Waals surface area contributed by atoms with Gasteiger partial charge >= 0.3 is 0 Å². The Kier molecular flexibility index (Phi) is 4.45. The molecule has 0 N–H and O–H groups in total. The highest BCUT2D eigenvalue weighted by atomic mass is 16.2. The predicted octanol–water partition coefficient (Wildman–Crippen LogP) is 2.56. The molecule has 1 aliphatic carbocycles. The molecular weight excluding hydrogens is 366 g/mol. The third-order valence-corrected chi connectivity index (χ3v) is 6.18. The second kappa shape index (κ2) is 7.13. The molecule has 1 aromatic carbocycles. The topological polar surface area (TPSA) is 73.0 Å². The number of fused-ring (bicyclic) bond motifs is 1. The number of likely N-dealkylation sites (tertiary alicyclic amines) is 1. The van der Waals surface area contributed by atoms with Crippen molar-refractivity contribution in [3.05, 3.63) is 58.1 Å². The molecule has 1 saturated carbocycles. The first-order chi connectivity index (χ1) is 14.1. The second-order valence-electron chi connectivity index (χ2n) is 8.28. The number of hydrogen-bond donors (Lipinski definition) is 0. The second-order valence-corrected chi connectivity index (χ2v) is 8.28. The standard InChI is InChI=1S/C22H25N5O2/c1-25-19-5-3-2-4-17(19)21(24-25)22(29)26-12-10-15(11-13-26)14-27-20(28)9-8-18(23-27)16-6-7-16/h2-5,8-9,15-16H,6-7,10-14H2,1H3. The Morgan fingerprint density at radius 1 is 1.03 bits per heavy atom. The third kappa shape index (κ3) is 3.45. The molecule has 150 valence electrons. The van der Waals surface area contributed by atoms with Crippen LogP contribution < -0.4 is 5.56 Å². The summed E-state index contributed by atoms with van der Waals surface area (Å²) in [6.07, 6.45) is 4.10. The minimum atomic E-state index is -0.0344. The van der Waals surface area contributed by atoms with Gasteiger partial charge in [-0.25, -0.2) is 4.68 Å². The monoisotopic (exact) mass is 391 g/mol. The Labute approximate surface area is 168 Å². The molecule has 0 radical (unpaired) electrons. The van der Waals surface area contributed by atoms with Crippen molar-refractivity contribution in [2.45, 2.75) is 38.1 Å². The Morgan fingerprint density at radius 3 is 2.55 bits per heavy atom. The van der Waals surface area contributed by atoms with Gasteiger partial charge in [-0.3, -0.25) is 14.3 Å².